The lowest BCUT2D eigenvalue weighted by Crippen LogP contribution is -2.11. The number of carboxylic acids is 1. The van der Waals surface area contributed by atoms with Gasteiger partial charge in [0, 0.05) is 5.56 Å². The fraction of sp³-hybridized carbons (Fsp3) is 0. The zero-order valence-electron chi connectivity index (χ0n) is 9.03. The van der Waals surface area contributed by atoms with Crippen LogP contribution in [-0.2, 0) is 10.0 Å². The summed E-state index contributed by atoms with van der Waals surface area (Å²) in [5.74, 6) is -1.15. The zero-order valence-corrected chi connectivity index (χ0v) is 9.85. The van der Waals surface area contributed by atoms with E-state index >= 15 is 0 Å². The predicted molar refractivity (Wildman–Crippen MR) is 62.5 cm³/mol. The van der Waals surface area contributed by atoms with Crippen LogP contribution in [0.15, 0.2) is 45.7 Å². The van der Waals surface area contributed by atoms with E-state index in [1.54, 1.807) is 6.07 Å². The van der Waals surface area contributed by atoms with Gasteiger partial charge in [0.25, 0.3) is 0 Å². The summed E-state index contributed by atoms with van der Waals surface area (Å²) in [6.45, 7) is 0. The maximum Gasteiger partial charge on any atom is 0.371 e. The molecule has 0 aliphatic rings. The zero-order chi connectivity index (χ0) is 13.3. The van der Waals surface area contributed by atoms with Gasteiger partial charge in [-0.2, -0.15) is 0 Å². The predicted octanol–water partition coefficient (Wildman–Crippen LogP) is 1.29. The number of carbonyl (C=O) groups is 1. The molecule has 0 spiro atoms. The molecular weight excluding hydrogens is 258 g/mol. The van der Waals surface area contributed by atoms with E-state index < -0.39 is 16.0 Å². The number of carboxylic acid groups (broad SMARTS) is 1. The van der Waals surface area contributed by atoms with Gasteiger partial charge in [0.2, 0.25) is 15.8 Å². The number of hydrogen-bond acceptors (Lipinski definition) is 4. The Labute approximate surface area is 103 Å². The third kappa shape index (κ3) is 2.41. The minimum atomic E-state index is -3.80. The molecular formula is C11H9NO5S. The van der Waals surface area contributed by atoms with Crippen LogP contribution in [0.1, 0.15) is 10.6 Å². The molecule has 0 radical (unpaired) electrons. The molecule has 0 saturated carbocycles. The highest BCUT2D eigenvalue weighted by Crippen LogP contribution is 2.24. The summed E-state index contributed by atoms with van der Waals surface area (Å²) in [4.78, 5) is 10.6. The van der Waals surface area contributed by atoms with Crippen LogP contribution in [0.2, 0.25) is 0 Å². The summed E-state index contributed by atoms with van der Waals surface area (Å²) in [7, 11) is -3.80. The molecule has 3 N–H and O–H groups in total. The molecule has 0 atom stereocenters. The van der Waals surface area contributed by atoms with Crippen molar-refractivity contribution < 1.29 is 22.7 Å². The summed E-state index contributed by atoms with van der Waals surface area (Å²) in [6.07, 6.45) is 0. The molecule has 0 fully saturated rings. The van der Waals surface area contributed by atoms with Gasteiger partial charge in [0.05, 0.1) is 4.90 Å². The van der Waals surface area contributed by atoms with Gasteiger partial charge < -0.3 is 9.52 Å². The van der Waals surface area contributed by atoms with E-state index in [4.69, 9.17) is 14.7 Å². The number of rotatable bonds is 3. The molecule has 18 heavy (non-hydrogen) atoms. The Kier molecular flexibility index (Phi) is 2.93. The van der Waals surface area contributed by atoms with Crippen LogP contribution < -0.4 is 5.14 Å². The van der Waals surface area contributed by atoms with Gasteiger partial charge in [-0.3, -0.25) is 0 Å². The fourth-order valence-corrected chi connectivity index (χ4v) is 1.99. The van der Waals surface area contributed by atoms with Crippen LogP contribution in [0.3, 0.4) is 0 Å². The third-order valence-corrected chi connectivity index (χ3v) is 3.17. The molecule has 1 aromatic heterocycles. The van der Waals surface area contributed by atoms with Crippen LogP contribution in [0.4, 0.5) is 0 Å². The second-order valence-electron chi connectivity index (χ2n) is 3.54. The van der Waals surface area contributed by atoms with E-state index in [1.807, 2.05) is 0 Å². The Hall–Kier alpha value is -2.12. The summed E-state index contributed by atoms with van der Waals surface area (Å²) >= 11 is 0. The van der Waals surface area contributed by atoms with Gasteiger partial charge in [-0.1, -0.05) is 12.1 Å². The van der Waals surface area contributed by atoms with Crippen LogP contribution in [-0.4, -0.2) is 19.5 Å². The quantitative estimate of drug-likeness (QED) is 0.870. The van der Waals surface area contributed by atoms with Crippen molar-refractivity contribution in [1.29, 1.82) is 0 Å². The first-order valence-electron chi connectivity index (χ1n) is 4.84. The SMILES string of the molecule is NS(=O)(=O)c1cccc(-c2ccc(C(=O)O)o2)c1. The topological polar surface area (TPSA) is 111 Å². The van der Waals surface area contributed by atoms with Crippen LogP contribution in [0, 0.1) is 0 Å². The standard InChI is InChI=1S/C11H9NO5S/c12-18(15,16)8-3-1-2-7(6-8)9-4-5-10(17-9)11(13)14/h1-6H,(H,13,14)(H2,12,15,16). The van der Waals surface area contributed by atoms with Crippen LogP contribution in [0.5, 0.6) is 0 Å². The Morgan fingerprint density at radius 2 is 1.94 bits per heavy atom. The van der Waals surface area contributed by atoms with E-state index in [-0.39, 0.29) is 16.4 Å². The maximum atomic E-state index is 11.2. The van der Waals surface area contributed by atoms with E-state index in [0.717, 1.165) is 0 Å². The summed E-state index contributed by atoms with van der Waals surface area (Å²) in [6, 6.07) is 8.50. The van der Waals surface area contributed by atoms with E-state index in [9.17, 15) is 13.2 Å². The Bertz CT molecular complexity index is 702. The molecule has 94 valence electrons. The maximum absolute atomic E-state index is 11.2. The van der Waals surface area contributed by atoms with Gasteiger partial charge >= 0.3 is 5.97 Å². The van der Waals surface area contributed by atoms with Gasteiger partial charge in [0.1, 0.15) is 5.76 Å². The highest BCUT2D eigenvalue weighted by atomic mass is 32.2. The minimum absolute atomic E-state index is 0.0618. The van der Waals surface area contributed by atoms with E-state index in [2.05, 4.69) is 0 Å². The largest absolute Gasteiger partial charge is 0.475 e. The first-order valence-corrected chi connectivity index (χ1v) is 6.39. The normalized spacial score (nSPS) is 11.4. The van der Waals surface area contributed by atoms with Gasteiger partial charge in [-0.25, -0.2) is 18.4 Å². The summed E-state index contributed by atoms with van der Waals surface area (Å²) < 4.78 is 27.4. The molecule has 0 aliphatic heterocycles. The number of furan rings is 1. The van der Waals surface area contributed by atoms with Crippen molar-refractivity contribution in [1.82, 2.24) is 0 Å². The van der Waals surface area contributed by atoms with Crippen molar-refractivity contribution in [2.75, 3.05) is 0 Å². The van der Waals surface area contributed by atoms with Crippen molar-refractivity contribution in [2.24, 2.45) is 5.14 Å². The Balaban J connectivity index is 2.48. The molecule has 6 nitrogen and oxygen atoms in total. The molecule has 2 aromatic rings. The average molecular weight is 267 g/mol. The highest BCUT2D eigenvalue weighted by Gasteiger charge is 2.13. The van der Waals surface area contributed by atoms with Crippen LogP contribution >= 0.6 is 0 Å². The van der Waals surface area contributed by atoms with Crippen molar-refractivity contribution in [3.63, 3.8) is 0 Å². The fourth-order valence-electron chi connectivity index (χ4n) is 1.43. The molecule has 0 aliphatic carbocycles. The number of benzene rings is 1. The second-order valence-corrected chi connectivity index (χ2v) is 5.10. The van der Waals surface area contributed by atoms with Crippen molar-refractivity contribution in [3.8, 4) is 11.3 Å². The van der Waals surface area contributed by atoms with Crippen LogP contribution in [0.25, 0.3) is 11.3 Å². The second kappa shape index (κ2) is 4.28. The molecule has 1 aromatic carbocycles. The minimum Gasteiger partial charge on any atom is -0.475 e. The Morgan fingerprint density at radius 1 is 1.22 bits per heavy atom. The van der Waals surface area contributed by atoms with Crippen molar-refractivity contribution >= 4 is 16.0 Å². The van der Waals surface area contributed by atoms with Crippen molar-refractivity contribution in [3.05, 3.63) is 42.2 Å². The van der Waals surface area contributed by atoms with E-state index in [1.165, 1.54) is 30.3 Å². The van der Waals surface area contributed by atoms with Crippen molar-refractivity contribution in [2.45, 2.75) is 4.90 Å². The van der Waals surface area contributed by atoms with Gasteiger partial charge in [-0.15, -0.1) is 0 Å². The first kappa shape index (κ1) is 12.3. The monoisotopic (exact) mass is 267 g/mol. The smallest absolute Gasteiger partial charge is 0.371 e. The lowest BCUT2D eigenvalue weighted by atomic mass is 10.2. The number of hydrogen-bond donors (Lipinski definition) is 2. The number of nitrogens with two attached hydrogens (primary N) is 1. The molecule has 0 unspecified atom stereocenters. The molecule has 2 rings (SSSR count). The number of sulfonamides is 1. The van der Waals surface area contributed by atoms with Gasteiger partial charge in [0.15, 0.2) is 0 Å². The number of primary sulfonamides is 1. The molecule has 0 saturated heterocycles. The number of aromatic carboxylic acids is 1. The summed E-state index contributed by atoms with van der Waals surface area (Å²) in [5.41, 5.74) is 0.439. The lowest BCUT2D eigenvalue weighted by molar-refractivity contribution is 0.0663. The summed E-state index contributed by atoms with van der Waals surface area (Å²) in [5, 5.41) is 13.7. The molecule has 7 heteroatoms. The highest BCUT2D eigenvalue weighted by molar-refractivity contribution is 7.89. The molecule has 1 heterocycles. The molecule has 0 bridgehead atoms. The first-order chi connectivity index (χ1) is 8.38. The average Bonchev–Trinajstić information content (AvgIpc) is 2.77. The molecule has 0 amide bonds. The third-order valence-electron chi connectivity index (χ3n) is 2.26. The van der Waals surface area contributed by atoms with Gasteiger partial charge in [-0.05, 0) is 24.3 Å². The van der Waals surface area contributed by atoms with E-state index in [0.29, 0.717) is 5.56 Å². The Morgan fingerprint density at radius 3 is 2.50 bits per heavy atom. The lowest BCUT2D eigenvalue weighted by Gasteiger charge is -2.00.